The molecular weight excluding hydrogens is 254 g/mol. The van der Waals surface area contributed by atoms with Crippen molar-refractivity contribution in [1.29, 1.82) is 0 Å². The van der Waals surface area contributed by atoms with Crippen molar-refractivity contribution in [3.63, 3.8) is 0 Å². The van der Waals surface area contributed by atoms with E-state index in [1.54, 1.807) is 0 Å². The monoisotopic (exact) mass is 277 g/mol. The van der Waals surface area contributed by atoms with Gasteiger partial charge in [0.1, 0.15) is 0 Å². The lowest BCUT2D eigenvalue weighted by Crippen LogP contribution is -2.56. The molecule has 0 aliphatic carbocycles. The number of carbonyl (C=O) groups is 1. The van der Waals surface area contributed by atoms with Gasteiger partial charge < -0.3 is 15.7 Å². The molecule has 3 N–H and O–H groups in total. The molecule has 0 radical (unpaired) electrons. The lowest BCUT2D eigenvalue weighted by atomic mass is 10.1. The van der Waals surface area contributed by atoms with E-state index in [2.05, 4.69) is 15.5 Å². The number of rotatable bonds is 7. The summed E-state index contributed by atoms with van der Waals surface area (Å²) in [7, 11) is 0. The smallest absolute Gasteiger partial charge is 0.164 e. The molecule has 0 saturated carbocycles. The number of Topliss-reactive ketones (excluding diaryl/α,β-unsaturated/α-hetero) is 1. The van der Waals surface area contributed by atoms with Gasteiger partial charge in [0.2, 0.25) is 0 Å². The predicted molar refractivity (Wildman–Crippen MR) is 78.5 cm³/mol. The average molecular weight is 277 g/mol. The van der Waals surface area contributed by atoms with Crippen LogP contribution in [0, 0.1) is 0 Å². The maximum atomic E-state index is 12.1. The molecule has 0 spiro atoms. The third-order valence-corrected chi connectivity index (χ3v) is 3.54. The summed E-state index contributed by atoms with van der Waals surface area (Å²) in [6.45, 7) is 4.25. The Morgan fingerprint density at radius 3 is 2.95 bits per heavy atom. The Bertz CT molecular complexity index is 409. The molecule has 5 nitrogen and oxygen atoms in total. The molecule has 2 rings (SSSR count). The van der Waals surface area contributed by atoms with Gasteiger partial charge in [-0.25, -0.2) is 0 Å². The molecule has 0 aromatic heterocycles. The first-order valence-corrected chi connectivity index (χ1v) is 7.13. The molecule has 1 aliphatic heterocycles. The number of aliphatic hydroxyl groups is 1. The minimum absolute atomic E-state index is 0.126. The number of aliphatic hydroxyl groups excluding tert-OH is 1. The van der Waals surface area contributed by atoms with Crippen molar-refractivity contribution < 1.29 is 9.90 Å². The first-order valence-electron chi connectivity index (χ1n) is 7.13. The highest BCUT2D eigenvalue weighted by Crippen LogP contribution is 2.00. The highest BCUT2D eigenvalue weighted by Gasteiger charge is 2.24. The number of hydrogen-bond donors (Lipinski definition) is 3. The molecule has 20 heavy (non-hydrogen) atoms. The fourth-order valence-corrected chi connectivity index (χ4v) is 2.42. The van der Waals surface area contributed by atoms with Crippen molar-refractivity contribution in [2.45, 2.75) is 12.6 Å². The summed E-state index contributed by atoms with van der Waals surface area (Å²) in [5.41, 5.74) is 1.18. The standard InChI is InChI=1S/C15H23N3O2/c19-9-8-18-7-6-17-14(12-18)15(20)11-16-10-13-4-2-1-3-5-13/h1-5,14,16-17,19H,6-12H2. The number of nitrogens with one attached hydrogen (secondary N) is 2. The van der Waals surface area contributed by atoms with Gasteiger partial charge in [-0.1, -0.05) is 30.3 Å². The minimum Gasteiger partial charge on any atom is -0.395 e. The van der Waals surface area contributed by atoms with Crippen LogP contribution in [0.1, 0.15) is 5.56 Å². The minimum atomic E-state index is -0.126. The fraction of sp³-hybridized carbons (Fsp3) is 0.533. The van der Waals surface area contributed by atoms with Crippen LogP contribution < -0.4 is 10.6 Å². The zero-order valence-electron chi connectivity index (χ0n) is 11.7. The van der Waals surface area contributed by atoms with E-state index in [0.29, 0.717) is 26.2 Å². The summed E-state index contributed by atoms with van der Waals surface area (Å²) in [5.74, 6) is 0.184. The number of benzene rings is 1. The van der Waals surface area contributed by atoms with Crippen molar-refractivity contribution in [3.8, 4) is 0 Å². The summed E-state index contributed by atoms with van der Waals surface area (Å²) in [5, 5.41) is 15.4. The van der Waals surface area contributed by atoms with Crippen molar-refractivity contribution in [2.75, 3.05) is 39.3 Å². The van der Waals surface area contributed by atoms with Gasteiger partial charge in [-0.05, 0) is 5.56 Å². The SMILES string of the molecule is O=C(CNCc1ccccc1)C1CN(CCO)CCN1. The Morgan fingerprint density at radius 2 is 2.20 bits per heavy atom. The third-order valence-electron chi connectivity index (χ3n) is 3.54. The molecule has 5 heteroatoms. The molecule has 110 valence electrons. The maximum Gasteiger partial charge on any atom is 0.164 e. The number of nitrogens with zero attached hydrogens (tertiary/aromatic N) is 1. The van der Waals surface area contributed by atoms with Gasteiger partial charge in [0, 0.05) is 32.7 Å². The maximum absolute atomic E-state index is 12.1. The predicted octanol–water partition coefficient (Wildman–Crippen LogP) is -0.389. The number of carbonyl (C=O) groups excluding carboxylic acids is 1. The Kier molecular flexibility index (Phi) is 6.14. The van der Waals surface area contributed by atoms with Crippen LogP contribution in [0.2, 0.25) is 0 Å². The quantitative estimate of drug-likeness (QED) is 0.634. The third kappa shape index (κ3) is 4.68. The molecule has 0 bridgehead atoms. The Hall–Kier alpha value is -1.27. The van der Waals surface area contributed by atoms with Crippen LogP contribution in [0.3, 0.4) is 0 Å². The highest BCUT2D eigenvalue weighted by atomic mass is 16.3. The molecule has 1 heterocycles. The van der Waals surface area contributed by atoms with E-state index in [-0.39, 0.29) is 18.4 Å². The van der Waals surface area contributed by atoms with Crippen LogP contribution in [0.25, 0.3) is 0 Å². The van der Waals surface area contributed by atoms with E-state index < -0.39 is 0 Å². The first-order chi connectivity index (χ1) is 9.79. The lowest BCUT2D eigenvalue weighted by molar-refractivity contribution is -0.121. The van der Waals surface area contributed by atoms with Gasteiger partial charge in [-0.2, -0.15) is 0 Å². The van der Waals surface area contributed by atoms with E-state index >= 15 is 0 Å². The second-order valence-corrected chi connectivity index (χ2v) is 5.09. The summed E-state index contributed by atoms with van der Waals surface area (Å²) < 4.78 is 0. The van der Waals surface area contributed by atoms with Gasteiger partial charge in [-0.15, -0.1) is 0 Å². The number of ketones is 1. The van der Waals surface area contributed by atoms with Gasteiger partial charge in [0.15, 0.2) is 5.78 Å². The highest BCUT2D eigenvalue weighted by molar-refractivity contribution is 5.86. The summed E-state index contributed by atoms with van der Waals surface area (Å²) in [6.07, 6.45) is 0. The van der Waals surface area contributed by atoms with Gasteiger partial charge in [0.25, 0.3) is 0 Å². The second-order valence-electron chi connectivity index (χ2n) is 5.09. The van der Waals surface area contributed by atoms with Crippen LogP contribution in [0.4, 0.5) is 0 Å². The van der Waals surface area contributed by atoms with E-state index in [0.717, 1.165) is 13.1 Å². The fourth-order valence-electron chi connectivity index (χ4n) is 2.42. The van der Waals surface area contributed by atoms with Crippen molar-refractivity contribution in [3.05, 3.63) is 35.9 Å². The largest absolute Gasteiger partial charge is 0.395 e. The van der Waals surface area contributed by atoms with E-state index in [4.69, 9.17) is 5.11 Å². The van der Waals surface area contributed by atoms with Crippen LogP contribution in [-0.2, 0) is 11.3 Å². The number of piperazine rings is 1. The molecule has 1 aliphatic rings. The molecule has 1 unspecified atom stereocenters. The van der Waals surface area contributed by atoms with Gasteiger partial charge >= 0.3 is 0 Å². The second kappa shape index (κ2) is 8.11. The topological polar surface area (TPSA) is 64.6 Å². The van der Waals surface area contributed by atoms with Crippen LogP contribution in [0.15, 0.2) is 30.3 Å². The van der Waals surface area contributed by atoms with Crippen molar-refractivity contribution in [1.82, 2.24) is 15.5 Å². The Labute approximate surface area is 120 Å². The normalized spacial score (nSPS) is 19.9. The molecule has 1 atom stereocenters. The Morgan fingerprint density at radius 1 is 1.40 bits per heavy atom. The van der Waals surface area contributed by atoms with Gasteiger partial charge in [-0.3, -0.25) is 9.69 Å². The lowest BCUT2D eigenvalue weighted by Gasteiger charge is -2.32. The van der Waals surface area contributed by atoms with Crippen molar-refractivity contribution in [2.24, 2.45) is 0 Å². The summed E-state index contributed by atoms with van der Waals surface area (Å²) >= 11 is 0. The molecular formula is C15H23N3O2. The van der Waals surface area contributed by atoms with Gasteiger partial charge in [0.05, 0.1) is 19.2 Å². The number of hydrogen-bond acceptors (Lipinski definition) is 5. The van der Waals surface area contributed by atoms with E-state index in [1.165, 1.54) is 5.56 Å². The van der Waals surface area contributed by atoms with Crippen LogP contribution >= 0.6 is 0 Å². The number of β-amino-alcohol motifs (C(OH)–C–C–N with tert-alkyl or cyclic N) is 1. The van der Waals surface area contributed by atoms with Crippen molar-refractivity contribution >= 4 is 5.78 Å². The molecule has 1 aromatic carbocycles. The Balaban J connectivity index is 1.71. The zero-order chi connectivity index (χ0) is 14.2. The van der Waals surface area contributed by atoms with Crippen LogP contribution in [0.5, 0.6) is 0 Å². The first kappa shape index (κ1) is 15.1. The van der Waals surface area contributed by atoms with E-state index in [1.807, 2.05) is 30.3 Å². The molecule has 1 saturated heterocycles. The average Bonchev–Trinajstić information content (AvgIpc) is 2.49. The van der Waals surface area contributed by atoms with Crippen LogP contribution in [-0.4, -0.2) is 61.2 Å². The molecule has 0 amide bonds. The zero-order valence-corrected chi connectivity index (χ0v) is 11.7. The summed E-state index contributed by atoms with van der Waals surface area (Å²) in [4.78, 5) is 14.2. The molecule has 1 fully saturated rings. The molecule has 1 aromatic rings. The summed E-state index contributed by atoms with van der Waals surface area (Å²) in [6, 6.07) is 9.93. The van der Waals surface area contributed by atoms with E-state index in [9.17, 15) is 4.79 Å².